The van der Waals surface area contributed by atoms with Crippen molar-refractivity contribution in [2.75, 3.05) is 37.0 Å². The third-order valence-corrected chi connectivity index (χ3v) is 5.73. The first-order valence-corrected chi connectivity index (χ1v) is 9.66. The lowest BCUT2D eigenvalue weighted by atomic mass is 10.2. The molecule has 1 aromatic rings. The fourth-order valence-electron chi connectivity index (χ4n) is 2.65. The summed E-state index contributed by atoms with van der Waals surface area (Å²) in [7, 11) is -1.03. The van der Waals surface area contributed by atoms with Gasteiger partial charge in [-0.2, -0.15) is 0 Å². The number of benzene rings is 1. The summed E-state index contributed by atoms with van der Waals surface area (Å²) in [5, 5.41) is 2.85. The summed E-state index contributed by atoms with van der Waals surface area (Å²) < 4.78 is 28.5. The van der Waals surface area contributed by atoms with Crippen LogP contribution in [0.3, 0.4) is 0 Å². The maximum atomic E-state index is 12.1. The van der Waals surface area contributed by atoms with E-state index >= 15 is 0 Å². The number of sulfone groups is 1. The molecule has 0 aliphatic carbocycles. The smallest absolute Gasteiger partial charge is 0.225 e. The predicted octanol–water partition coefficient (Wildman–Crippen LogP) is 1.53. The molecule has 6 nitrogen and oxygen atoms in total. The second-order valence-corrected chi connectivity index (χ2v) is 7.99. The van der Waals surface area contributed by atoms with Crippen LogP contribution in [0.15, 0.2) is 24.3 Å². The highest BCUT2D eigenvalue weighted by Crippen LogP contribution is 2.24. The maximum absolute atomic E-state index is 12.1. The van der Waals surface area contributed by atoms with Crippen LogP contribution in [0.5, 0.6) is 5.75 Å². The van der Waals surface area contributed by atoms with Crippen molar-refractivity contribution in [1.82, 2.24) is 4.90 Å². The van der Waals surface area contributed by atoms with Crippen LogP contribution in [0.1, 0.15) is 19.8 Å². The van der Waals surface area contributed by atoms with Gasteiger partial charge in [0.1, 0.15) is 5.75 Å². The van der Waals surface area contributed by atoms with Crippen molar-refractivity contribution in [1.29, 1.82) is 0 Å². The molecule has 7 heteroatoms. The third kappa shape index (κ3) is 5.21. The topological polar surface area (TPSA) is 75.7 Å². The largest absolute Gasteiger partial charge is 0.492 e. The Labute approximate surface area is 137 Å². The molecule has 0 radical (unpaired) electrons. The predicted molar refractivity (Wildman–Crippen MR) is 90.5 cm³/mol. The van der Waals surface area contributed by atoms with Crippen molar-refractivity contribution >= 4 is 21.4 Å². The first-order chi connectivity index (χ1) is 10.9. The summed E-state index contributed by atoms with van der Waals surface area (Å²) in [6.45, 7) is 2.96. The van der Waals surface area contributed by atoms with E-state index in [1.807, 2.05) is 37.1 Å². The summed E-state index contributed by atoms with van der Waals surface area (Å²) in [5.74, 6) is 0.984. The molecule has 1 atom stereocenters. The van der Waals surface area contributed by atoms with Crippen LogP contribution in [-0.4, -0.2) is 57.0 Å². The molecule has 1 heterocycles. The second kappa shape index (κ2) is 7.79. The fraction of sp³-hybridized carbons (Fsp3) is 0.562. The van der Waals surface area contributed by atoms with Crippen molar-refractivity contribution in [3.05, 3.63) is 24.3 Å². The Balaban J connectivity index is 1.84. The van der Waals surface area contributed by atoms with Crippen LogP contribution in [0.2, 0.25) is 0 Å². The first kappa shape index (κ1) is 17.7. The maximum Gasteiger partial charge on any atom is 0.225 e. The van der Waals surface area contributed by atoms with Crippen LogP contribution in [0.25, 0.3) is 0 Å². The van der Waals surface area contributed by atoms with Crippen LogP contribution < -0.4 is 10.1 Å². The average molecular weight is 340 g/mol. The molecule has 1 aliphatic rings. The lowest BCUT2D eigenvalue weighted by Crippen LogP contribution is -2.35. The Morgan fingerprint density at radius 1 is 1.39 bits per heavy atom. The number of anilines is 1. The Hall–Kier alpha value is -1.60. The number of hydrogen-bond donors (Lipinski definition) is 1. The van der Waals surface area contributed by atoms with E-state index in [9.17, 15) is 13.2 Å². The van der Waals surface area contributed by atoms with Crippen LogP contribution in [0.4, 0.5) is 5.69 Å². The zero-order valence-electron chi connectivity index (χ0n) is 13.6. The number of rotatable bonds is 7. The molecule has 1 saturated heterocycles. The van der Waals surface area contributed by atoms with Crippen LogP contribution >= 0.6 is 0 Å². The molecule has 1 aliphatic heterocycles. The first-order valence-electron chi connectivity index (χ1n) is 7.83. The van der Waals surface area contributed by atoms with Gasteiger partial charge in [-0.1, -0.05) is 12.1 Å². The fourth-order valence-corrected chi connectivity index (χ4v) is 4.45. The summed E-state index contributed by atoms with van der Waals surface area (Å²) in [5.41, 5.74) is 0.658. The highest BCUT2D eigenvalue weighted by molar-refractivity contribution is 7.91. The van der Waals surface area contributed by atoms with Gasteiger partial charge in [0.2, 0.25) is 5.91 Å². The van der Waals surface area contributed by atoms with Gasteiger partial charge >= 0.3 is 0 Å². The van der Waals surface area contributed by atoms with E-state index in [1.165, 1.54) is 0 Å². The Kier molecular flexibility index (Phi) is 6.01. The number of ether oxygens (including phenoxy) is 1. The molecule has 1 unspecified atom stereocenters. The summed E-state index contributed by atoms with van der Waals surface area (Å²) in [6.07, 6.45) is 0.959. The van der Waals surface area contributed by atoms with Gasteiger partial charge in [-0.3, -0.25) is 4.79 Å². The zero-order chi connectivity index (χ0) is 16.9. The molecule has 2 rings (SSSR count). The minimum Gasteiger partial charge on any atom is -0.492 e. The molecule has 23 heavy (non-hydrogen) atoms. The van der Waals surface area contributed by atoms with Gasteiger partial charge in [-0.25, -0.2) is 8.42 Å². The molecule has 0 aromatic heterocycles. The molecule has 1 amide bonds. The average Bonchev–Trinajstić information content (AvgIpc) is 2.87. The van der Waals surface area contributed by atoms with E-state index < -0.39 is 9.84 Å². The SMILES string of the molecule is CCOc1ccccc1NC(=O)CCN(C)C1CCS(=O)(=O)C1. The molecule has 0 bridgehead atoms. The van der Waals surface area contributed by atoms with Gasteiger partial charge in [-0.05, 0) is 32.5 Å². The van der Waals surface area contributed by atoms with Gasteiger partial charge in [0, 0.05) is 19.0 Å². The van der Waals surface area contributed by atoms with Crippen molar-refractivity contribution < 1.29 is 17.9 Å². The Morgan fingerprint density at radius 3 is 2.78 bits per heavy atom. The van der Waals surface area contributed by atoms with Crippen molar-refractivity contribution in [2.45, 2.75) is 25.8 Å². The monoisotopic (exact) mass is 340 g/mol. The number of carbonyl (C=O) groups is 1. The van der Waals surface area contributed by atoms with Gasteiger partial charge in [0.15, 0.2) is 9.84 Å². The number of carbonyl (C=O) groups excluding carboxylic acids is 1. The van der Waals surface area contributed by atoms with E-state index in [4.69, 9.17) is 4.74 Å². The van der Waals surface area contributed by atoms with Gasteiger partial charge in [0.05, 0.1) is 23.8 Å². The van der Waals surface area contributed by atoms with Gasteiger partial charge in [-0.15, -0.1) is 0 Å². The number of amides is 1. The highest BCUT2D eigenvalue weighted by atomic mass is 32.2. The number of para-hydroxylation sites is 2. The van der Waals surface area contributed by atoms with Gasteiger partial charge < -0.3 is 15.0 Å². The quantitative estimate of drug-likeness (QED) is 0.815. The molecule has 128 valence electrons. The molecule has 0 saturated carbocycles. The van der Waals surface area contributed by atoms with E-state index in [-0.39, 0.29) is 23.5 Å². The molecule has 0 spiro atoms. The minimum atomic E-state index is -2.90. The molecule has 1 fully saturated rings. The van der Waals surface area contributed by atoms with Crippen LogP contribution in [-0.2, 0) is 14.6 Å². The molecular formula is C16H24N2O4S. The third-order valence-electron chi connectivity index (χ3n) is 3.98. The number of hydrogen-bond acceptors (Lipinski definition) is 5. The molecule has 1 N–H and O–H groups in total. The minimum absolute atomic E-state index is 0.0171. The van der Waals surface area contributed by atoms with E-state index in [2.05, 4.69) is 5.32 Å². The molecular weight excluding hydrogens is 316 g/mol. The summed E-state index contributed by atoms with van der Waals surface area (Å²) in [6, 6.07) is 7.33. The van der Waals surface area contributed by atoms with E-state index in [0.29, 0.717) is 37.4 Å². The normalized spacial score (nSPS) is 19.7. The zero-order valence-corrected chi connectivity index (χ0v) is 14.4. The summed E-state index contributed by atoms with van der Waals surface area (Å²) in [4.78, 5) is 14.1. The Morgan fingerprint density at radius 2 is 2.13 bits per heavy atom. The van der Waals surface area contributed by atoms with Crippen molar-refractivity contribution in [2.24, 2.45) is 0 Å². The van der Waals surface area contributed by atoms with Gasteiger partial charge in [0.25, 0.3) is 0 Å². The van der Waals surface area contributed by atoms with Crippen LogP contribution in [0, 0.1) is 0 Å². The number of nitrogens with one attached hydrogen (secondary N) is 1. The standard InChI is InChI=1S/C16H24N2O4S/c1-3-22-15-7-5-4-6-14(15)17-16(19)8-10-18(2)13-9-11-23(20,21)12-13/h4-7,13H,3,8-12H2,1-2H3,(H,17,19). The van der Waals surface area contributed by atoms with Crippen molar-refractivity contribution in [3.63, 3.8) is 0 Å². The molecule has 1 aromatic carbocycles. The lowest BCUT2D eigenvalue weighted by Gasteiger charge is -2.22. The second-order valence-electron chi connectivity index (χ2n) is 5.76. The van der Waals surface area contributed by atoms with E-state index in [0.717, 1.165) is 0 Å². The van der Waals surface area contributed by atoms with E-state index in [1.54, 1.807) is 6.07 Å². The summed E-state index contributed by atoms with van der Waals surface area (Å²) >= 11 is 0. The highest BCUT2D eigenvalue weighted by Gasteiger charge is 2.30. The lowest BCUT2D eigenvalue weighted by molar-refractivity contribution is -0.116. The van der Waals surface area contributed by atoms with Crippen molar-refractivity contribution in [3.8, 4) is 5.75 Å². The Bertz CT molecular complexity index is 645. The number of nitrogens with zero attached hydrogens (tertiary/aromatic N) is 1.